The van der Waals surface area contributed by atoms with E-state index in [2.05, 4.69) is 11.9 Å². The minimum Gasteiger partial charge on any atom is -0.397 e. The average molecular weight is 168 g/mol. The lowest BCUT2D eigenvalue weighted by atomic mass is 10.3. The van der Waals surface area contributed by atoms with Crippen molar-refractivity contribution in [2.45, 2.75) is 20.8 Å². The molecule has 0 aromatic heterocycles. The van der Waals surface area contributed by atoms with E-state index in [-0.39, 0.29) is 0 Å². The van der Waals surface area contributed by atoms with E-state index in [0.717, 1.165) is 11.4 Å². The normalized spacial score (nSPS) is 11.3. The second kappa shape index (κ2) is 9.82. The summed E-state index contributed by atoms with van der Waals surface area (Å²) in [7, 11) is 1.83. The summed E-state index contributed by atoms with van der Waals surface area (Å²) in [6, 6.07) is 0. The van der Waals surface area contributed by atoms with Crippen LogP contribution in [0.2, 0.25) is 0 Å². The van der Waals surface area contributed by atoms with Gasteiger partial charge in [0.05, 0.1) is 11.4 Å². The Morgan fingerprint density at radius 3 is 2.17 bits per heavy atom. The zero-order valence-electron chi connectivity index (χ0n) is 8.52. The average Bonchev–Trinajstić information content (AvgIpc) is 2.16. The molecule has 0 aromatic rings. The van der Waals surface area contributed by atoms with E-state index in [1.165, 1.54) is 0 Å². The summed E-state index contributed by atoms with van der Waals surface area (Å²) >= 11 is 0. The maximum atomic E-state index is 5.60. The van der Waals surface area contributed by atoms with Gasteiger partial charge in [-0.05, 0) is 13.0 Å². The third-order valence-corrected chi connectivity index (χ3v) is 1.18. The lowest BCUT2D eigenvalue weighted by Crippen LogP contribution is -2.13. The molecular formula is C10H20N2. The van der Waals surface area contributed by atoms with Crippen molar-refractivity contribution in [3.05, 3.63) is 36.2 Å². The van der Waals surface area contributed by atoms with Crippen LogP contribution in [0.1, 0.15) is 20.8 Å². The van der Waals surface area contributed by atoms with Gasteiger partial charge in [0.2, 0.25) is 0 Å². The lowest BCUT2D eigenvalue weighted by Gasteiger charge is -2.04. The molecule has 0 spiro atoms. The van der Waals surface area contributed by atoms with Crippen molar-refractivity contribution in [2.24, 2.45) is 5.73 Å². The summed E-state index contributed by atoms with van der Waals surface area (Å²) in [5.74, 6) is 0. The highest BCUT2D eigenvalue weighted by atomic mass is 14.9. The second-order valence-corrected chi connectivity index (χ2v) is 1.81. The van der Waals surface area contributed by atoms with Gasteiger partial charge in [0.15, 0.2) is 0 Å². The first kappa shape index (κ1) is 13.4. The fourth-order valence-electron chi connectivity index (χ4n) is 0.597. The Hall–Kier alpha value is -1.18. The third kappa shape index (κ3) is 5.59. The number of likely N-dealkylation sites (N-methyl/N-ethyl adjacent to an activating group) is 1. The molecule has 0 aliphatic carbocycles. The number of hydrogen-bond acceptors (Lipinski definition) is 2. The number of allylic oxidation sites excluding steroid dienone is 3. The minimum atomic E-state index is 0.738. The first-order chi connectivity index (χ1) is 5.76. The predicted octanol–water partition coefficient (Wildman–Crippen LogP) is 2.16. The summed E-state index contributed by atoms with van der Waals surface area (Å²) < 4.78 is 0. The molecule has 0 bridgehead atoms. The molecule has 0 fully saturated rings. The van der Waals surface area contributed by atoms with Gasteiger partial charge in [0.25, 0.3) is 0 Å². The molecule has 0 atom stereocenters. The summed E-state index contributed by atoms with van der Waals surface area (Å²) in [6.45, 7) is 9.46. The van der Waals surface area contributed by atoms with E-state index in [9.17, 15) is 0 Å². The largest absolute Gasteiger partial charge is 0.397 e. The third-order valence-electron chi connectivity index (χ3n) is 1.18. The van der Waals surface area contributed by atoms with Crippen LogP contribution in [0.3, 0.4) is 0 Å². The second-order valence-electron chi connectivity index (χ2n) is 1.81. The molecule has 0 heterocycles. The van der Waals surface area contributed by atoms with E-state index in [0.29, 0.717) is 0 Å². The van der Waals surface area contributed by atoms with Gasteiger partial charge >= 0.3 is 0 Å². The van der Waals surface area contributed by atoms with Crippen LogP contribution in [0, 0.1) is 0 Å². The van der Waals surface area contributed by atoms with Crippen LogP contribution in [-0.4, -0.2) is 7.05 Å². The maximum absolute atomic E-state index is 5.60. The highest BCUT2D eigenvalue weighted by Crippen LogP contribution is 1.97. The van der Waals surface area contributed by atoms with Crippen LogP contribution in [0.15, 0.2) is 36.2 Å². The van der Waals surface area contributed by atoms with Gasteiger partial charge in [-0.2, -0.15) is 0 Å². The van der Waals surface area contributed by atoms with Crippen molar-refractivity contribution in [3.63, 3.8) is 0 Å². The van der Waals surface area contributed by atoms with Crippen molar-refractivity contribution < 1.29 is 0 Å². The molecule has 0 saturated heterocycles. The summed E-state index contributed by atoms with van der Waals surface area (Å²) in [5, 5.41) is 2.95. The molecule has 0 aromatic carbocycles. The molecule has 0 saturated carbocycles. The molecule has 0 amide bonds. The fraction of sp³-hybridized carbons (Fsp3) is 0.400. The Kier molecular flexibility index (Phi) is 11.0. The maximum Gasteiger partial charge on any atom is 0.0567 e. The summed E-state index contributed by atoms with van der Waals surface area (Å²) in [6.07, 6.45) is 5.36. The van der Waals surface area contributed by atoms with E-state index >= 15 is 0 Å². The summed E-state index contributed by atoms with van der Waals surface area (Å²) in [5.41, 5.74) is 7.24. The highest BCUT2D eigenvalue weighted by Gasteiger charge is 1.91. The molecule has 0 aliphatic rings. The Balaban J connectivity index is 0. The van der Waals surface area contributed by atoms with Crippen molar-refractivity contribution in [2.75, 3.05) is 7.05 Å². The van der Waals surface area contributed by atoms with Crippen molar-refractivity contribution >= 4 is 0 Å². The van der Waals surface area contributed by atoms with E-state index in [1.807, 2.05) is 40.0 Å². The van der Waals surface area contributed by atoms with Crippen LogP contribution < -0.4 is 11.1 Å². The molecule has 12 heavy (non-hydrogen) atoms. The quantitative estimate of drug-likeness (QED) is 0.634. The van der Waals surface area contributed by atoms with Crippen LogP contribution in [0.25, 0.3) is 0 Å². The van der Waals surface area contributed by atoms with Crippen LogP contribution >= 0.6 is 0 Å². The van der Waals surface area contributed by atoms with E-state index in [1.54, 1.807) is 6.08 Å². The Labute approximate surface area is 75.9 Å². The standard InChI is InChI=1S/C8H14N2.C2H6/c1-4-6-8(10-3)7(9)5-2;1-2/h4-6,10H,1,9H2,2-3H3;1-2H3/b7-5+,8-6+;. The Bertz CT molecular complexity index is 167. The molecule has 0 aliphatic heterocycles. The van der Waals surface area contributed by atoms with Gasteiger partial charge in [0, 0.05) is 7.05 Å². The molecule has 3 N–H and O–H groups in total. The molecule has 70 valence electrons. The number of nitrogens with two attached hydrogens (primary N) is 1. The topological polar surface area (TPSA) is 38.0 Å². The zero-order valence-corrected chi connectivity index (χ0v) is 8.52. The highest BCUT2D eigenvalue weighted by molar-refractivity contribution is 5.28. The predicted molar refractivity (Wildman–Crippen MR) is 56.6 cm³/mol. The monoisotopic (exact) mass is 168 g/mol. The van der Waals surface area contributed by atoms with Crippen LogP contribution in [0.5, 0.6) is 0 Å². The fourth-order valence-corrected chi connectivity index (χ4v) is 0.597. The van der Waals surface area contributed by atoms with E-state index < -0.39 is 0 Å². The smallest absolute Gasteiger partial charge is 0.0567 e. The summed E-state index contributed by atoms with van der Waals surface area (Å²) in [4.78, 5) is 0. The molecule has 0 unspecified atom stereocenters. The van der Waals surface area contributed by atoms with Gasteiger partial charge < -0.3 is 11.1 Å². The van der Waals surface area contributed by atoms with Gasteiger partial charge in [-0.15, -0.1) is 0 Å². The van der Waals surface area contributed by atoms with Crippen molar-refractivity contribution in [3.8, 4) is 0 Å². The van der Waals surface area contributed by atoms with Crippen LogP contribution in [0.4, 0.5) is 0 Å². The van der Waals surface area contributed by atoms with Crippen molar-refractivity contribution in [1.82, 2.24) is 5.32 Å². The molecule has 2 heteroatoms. The minimum absolute atomic E-state index is 0.738. The molecular weight excluding hydrogens is 148 g/mol. The SMILES string of the molecule is C=C/C=C(NC)\C(N)=C/C.CC. The van der Waals surface area contributed by atoms with Crippen LogP contribution in [-0.2, 0) is 0 Å². The Morgan fingerprint density at radius 1 is 1.42 bits per heavy atom. The lowest BCUT2D eigenvalue weighted by molar-refractivity contribution is 0.987. The first-order valence-electron chi connectivity index (χ1n) is 4.18. The van der Waals surface area contributed by atoms with Gasteiger partial charge in [-0.1, -0.05) is 32.6 Å². The van der Waals surface area contributed by atoms with E-state index in [4.69, 9.17) is 5.73 Å². The number of hydrogen-bond donors (Lipinski definition) is 2. The number of nitrogens with one attached hydrogen (secondary N) is 1. The molecule has 2 nitrogen and oxygen atoms in total. The Morgan fingerprint density at radius 2 is 1.92 bits per heavy atom. The number of rotatable bonds is 3. The zero-order chi connectivity index (χ0) is 9.98. The van der Waals surface area contributed by atoms with Crippen molar-refractivity contribution in [1.29, 1.82) is 0 Å². The van der Waals surface area contributed by atoms with Gasteiger partial charge in [-0.3, -0.25) is 0 Å². The van der Waals surface area contributed by atoms with Gasteiger partial charge in [-0.25, -0.2) is 0 Å². The van der Waals surface area contributed by atoms with Gasteiger partial charge in [0.1, 0.15) is 0 Å². The molecule has 0 rings (SSSR count). The molecule has 0 radical (unpaired) electrons. The first-order valence-corrected chi connectivity index (χ1v) is 4.18.